The van der Waals surface area contributed by atoms with E-state index in [0.717, 1.165) is 0 Å². The molecule has 6 nitrogen and oxygen atoms in total. The molecular formula is C15H24O6. The van der Waals surface area contributed by atoms with Crippen LogP contribution in [0.1, 0.15) is 48.0 Å². The minimum absolute atomic E-state index is 0.393. The zero-order valence-corrected chi connectivity index (χ0v) is 13.5. The van der Waals surface area contributed by atoms with Crippen molar-refractivity contribution in [2.75, 3.05) is 0 Å². The van der Waals surface area contributed by atoms with E-state index in [0.29, 0.717) is 0 Å². The maximum absolute atomic E-state index is 12.1. The first-order chi connectivity index (χ1) is 9.23. The Balaban J connectivity index is 5.09. The highest BCUT2D eigenvalue weighted by Crippen LogP contribution is 2.22. The third-order valence-corrected chi connectivity index (χ3v) is 2.18. The van der Waals surface area contributed by atoms with E-state index in [1.165, 1.54) is 0 Å². The molecule has 0 rings (SSSR count). The summed E-state index contributed by atoms with van der Waals surface area (Å²) in [4.78, 5) is 34.9. The number of esters is 2. The Kier molecular flexibility index (Phi) is 6.14. The molecule has 1 unspecified atom stereocenters. The lowest BCUT2D eigenvalue weighted by atomic mass is 9.96. The van der Waals surface area contributed by atoms with Gasteiger partial charge >= 0.3 is 17.9 Å². The summed E-state index contributed by atoms with van der Waals surface area (Å²) in [6, 6.07) is 0. The van der Waals surface area contributed by atoms with Crippen molar-refractivity contribution in [2.45, 2.75) is 59.2 Å². The molecule has 0 amide bonds. The van der Waals surface area contributed by atoms with E-state index in [4.69, 9.17) is 14.6 Å². The number of carboxylic acids is 1. The first kappa shape index (κ1) is 19.1. The summed E-state index contributed by atoms with van der Waals surface area (Å²) in [6.45, 7) is 13.3. The summed E-state index contributed by atoms with van der Waals surface area (Å²) >= 11 is 0. The lowest BCUT2D eigenvalue weighted by Gasteiger charge is -2.25. The van der Waals surface area contributed by atoms with Crippen molar-refractivity contribution in [3.05, 3.63) is 12.2 Å². The summed E-state index contributed by atoms with van der Waals surface area (Å²) in [6.07, 6.45) is -0.419. The molecule has 1 atom stereocenters. The molecule has 0 aliphatic carbocycles. The number of ether oxygens (including phenoxy) is 2. The van der Waals surface area contributed by atoms with Gasteiger partial charge in [-0.05, 0) is 41.5 Å². The van der Waals surface area contributed by atoms with Crippen molar-refractivity contribution in [3.63, 3.8) is 0 Å². The molecule has 0 bridgehead atoms. The van der Waals surface area contributed by atoms with Crippen LogP contribution in [0.5, 0.6) is 0 Å². The molecule has 0 fully saturated rings. The second kappa shape index (κ2) is 6.74. The van der Waals surface area contributed by atoms with E-state index >= 15 is 0 Å². The summed E-state index contributed by atoms with van der Waals surface area (Å²) < 4.78 is 10.2. The predicted molar refractivity (Wildman–Crippen MR) is 76.6 cm³/mol. The molecule has 120 valence electrons. The number of rotatable bonds is 5. The maximum Gasteiger partial charge on any atom is 0.331 e. The van der Waals surface area contributed by atoms with Crippen molar-refractivity contribution < 1.29 is 29.0 Å². The summed E-state index contributed by atoms with van der Waals surface area (Å²) in [7, 11) is 0. The van der Waals surface area contributed by atoms with Crippen molar-refractivity contribution in [1.82, 2.24) is 0 Å². The highest BCUT2D eigenvalue weighted by molar-refractivity contribution is 5.95. The van der Waals surface area contributed by atoms with Crippen LogP contribution in [0, 0.1) is 5.92 Å². The van der Waals surface area contributed by atoms with Crippen molar-refractivity contribution in [1.29, 1.82) is 0 Å². The van der Waals surface area contributed by atoms with Crippen LogP contribution >= 0.6 is 0 Å². The molecule has 0 heterocycles. The molecule has 1 N–H and O–H groups in total. The minimum atomic E-state index is -1.35. The van der Waals surface area contributed by atoms with Crippen LogP contribution in [0.15, 0.2) is 12.2 Å². The minimum Gasteiger partial charge on any atom is -0.478 e. The molecule has 6 heteroatoms. The molecule has 0 saturated heterocycles. The second-order valence-corrected chi connectivity index (χ2v) is 6.71. The number of carbonyl (C=O) groups is 3. The first-order valence-electron chi connectivity index (χ1n) is 6.60. The second-order valence-electron chi connectivity index (χ2n) is 6.71. The standard InChI is InChI=1S/C15H24O6/c1-9(12(17)18)10(13(19)21-15(5,6)7)8-11(16)20-14(2,3)4/h10H,1,8H2,2-7H3,(H,17,18). The highest BCUT2D eigenvalue weighted by Gasteiger charge is 2.33. The van der Waals surface area contributed by atoms with Gasteiger partial charge in [-0.2, -0.15) is 0 Å². The van der Waals surface area contributed by atoms with Gasteiger partial charge in [-0.25, -0.2) is 4.79 Å². The molecule has 0 aliphatic rings. The molecule has 0 aromatic heterocycles. The predicted octanol–water partition coefficient (Wildman–Crippen LogP) is 2.32. The summed E-state index contributed by atoms with van der Waals surface area (Å²) in [5.74, 6) is -4.10. The smallest absolute Gasteiger partial charge is 0.331 e. The molecule has 21 heavy (non-hydrogen) atoms. The van der Waals surface area contributed by atoms with E-state index < -0.39 is 47.0 Å². The molecule has 0 spiro atoms. The van der Waals surface area contributed by atoms with E-state index in [-0.39, 0.29) is 0 Å². The Hall–Kier alpha value is -1.85. The van der Waals surface area contributed by atoms with Crippen molar-refractivity contribution in [2.24, 2.45) is 5.92 Å². The Morgan fingerprint density at radius 1 is 1.00 bits per heavy atom. The highest BCUT2D eigenvalue weighted by atomic mass is 16.6. The van der Waals surface area contributed by atoms with Crippen LogP contribution in [-0.2, 0) is 23.9 Å². The molecule has 0 radical (unpaired) electrons. The largest absolute Gasteiger partial charge is 0.478 e. The van der Waals surface area contributed by atoms with Gasteiger partial charge in [0, 0.05) is 5.57 Å². The van der Waals surface area contributed by atoms with Crippen LogP contribution in [0.3, 0.4) is 0 Å². The van der Waals surface area contributed by atoms with Crippen LogP contribution in [0.2, 0.25) is 0 Å². The number of carbonyl (C=O) groups excluding carboxylic acids is 2. The van der Waals surface area contributed by atoms with Crippen LogP contribution in [-0.4, -0.2) is 34.2 Å². The van der Waals surface area contributed by atoms with E-state index in [1.54, 1.807) is 41.5 Å². The topological polar surface area (TPSA) is 89.9 Å². The van der Waals surface area contributed by atoms with Gasteiger partial charge in [-0.15, -0.1) is 0 Å². The van der Waals surface area contributed by atoms with E-state index in [2.05, 4.69) is 6.58 Å². The van der Waals surface area contributed by atoms with Gasteiger partial charge in [-0.1, -0.05) is 6.58 Å². The fourth-order valence-corrected chi connectivity index (χ4v) is 1.42. The Bertz CT molecular complexity index is 436. The third-order valence-electron chi connectivity index (χ3n) is 2.18. The molecule has 0 aromatic carbocycles. The van der Waals surface area contributed by atoms with Gasteiger partial charge in [0.15, 0.2) is 0 Å². The van der Waals surface area contributed by atoms with Crippen LogP contribution in [0.4, 0.5) is 0 Å². The van der Waals surface area contributed by atoms with Crippen LogP contribution < -0.4 is 0 Å². The normalized spacial score (nSPS) is 13.2. The average Bonchev–Trinajstić information content (AvgIpc) is 2.19. The van der Waals surface area contributed by atoms with Gasteiger partial charge in [0.05, 0.1) is 12.3 Å². The van der Waals surface area contributed by atoms with Gasteiger partial charge in [0.25, 0.3) is 0 Å². The molecule has 0 aliphatic heterocycles. The summed E-state index contributed by atoms with van der Waals surface area (Å²) in [5, 5.41) is 8.99. The van der Waals surface area contributed by atoms with Gasteiger partial charge < -0.3 is 14.6 Å². The number of carboxylic acid groups (broad SMARTS) is 1. The lowest BCUT2D eigenvalue weighted by molar-refractivity contribution is -0.166. The lowest BCUT2D eigenvalue weighted by Crippen LogP contribution is -2.34. The Morgan fingerprint density at radius 2 is 1.43 bits per heavy atom. The fourth-order valence-electron chi connectivity index (χ4n) is 1.42. The van der Waals surface area contributed by atoms with Gasteiger partial charge in [0.1, 0.15) is 11.2 Å². The zero-order chi connectivity index (χ0) is 17.0. The monoisotopic (exact) mass is 300 g/mol. The van der Waals surface area contributed by atoms with E-state index in [1.807, 2.05) is 0 Å². The molecule has 0 saturated carbocycles. The molecular weight excluding hydrogens is 276 g/mol. The maximum atomic E-state index is 12.1. The Morgan fingerprint density at radius 3 is 1.76 bits per heavy atom. The van der Waals surface area contributed by atoms with Gasteiger partial charge in [0.2, 0.25) is 0 Å². The van der Waals surface area contributed by atoms with Gasteiger partial charge in [-0.3, -0.25) is 9.59 Å². The van der Waals surface area contributed by atoms with Crippen molar-refractivity contribution >= 4 is 17.9 Å². The zero-order valence-electron chi connectivity index (χ0n) is 13.5. The number of aliphatic carboxylic acids is 1. The first-order valence-corrected chi connectivity index (χ1v) is 6.60. The van der Waals surface area contributed by atoms with E-state index in [9.17, 15) is 14.4 Å². The third kappa shape index (κ3) is 8.12. The fraction of sp³-hybridized carbons (Fsp3) is 0.667. The SMILES string of the molecule is C=C(C(=O)O)C(CC(=O)OC(C)(C)C)C(=O)OC(C)(C)C. The summed E-state index contributed by atoms with van der Waals surface area (Å²) in [5.41, 5.74) is -1.91. The van der Waals surface area contributed by atoms with Crippen LogP contribution in [0.25, 0.3) is 0 Å². The number of hydrogen-bond acceptors (Lipinski definition) is 5. The number of hydrogen-bond donors (Lipinski definition) is 1. The Labute approximate surface area is 125 Å². The average molecular weight is 300 g/mol. The molecule has 0 aromatic rings. The van der Waals surface area contributed by atoms with Crippen molar-refractivity contribution in [3.8, 4) is 0 Å². The quantitative estimate of drug-likeness (QED) is 0.619.